The number of anilines is 1. The number of rotatable bonds is 2. The van der Waals surface area contributed by atoms with E-state index in [1.54, 1.807) is 12.1 Å². The van der Waals surface area contributed by atoms with Crippen molar-refractivity contribution in [1.29, 1.82) is 0 Å². The van der Waals surface area contributed by atoms with Crippen LogP contribution in [0.1, 0.15) is 5.56 Å². The second-order valence-corrected chi connectivity index (χ2v) is 7.26. The van der Waals surface area contributed by atoms with E-state index in [1.165, 1.54) is 6.07 Å². The lowest BCUT2D eigenvalue weighted by Crippen LogP contribution is -2.43. The van der Waals surface area contributed by atoms with Crippen molar-refractivity contribution < 1.29 is 13.2 Å². The maximum absolute atomic E-state index is 13.1. The highest BCUT2D eigenvalue weighted by molar-refractivity contribution is 6.06. The molecular weight excluding hydrogens is 377 g/mol. The van der Waals surface area contributed by atoms with Gasteiger partial charge in [0.05, 0.1) is 27.8 Å². The number of nitrogens with one attached hydrogen (secondary N) is 2. The lowest BCUT2D eigenvalue weighted by Gasteiger charge is -2.29. The zero-order chi connectivity index (χ0) is 20.0. The molecule has 0 atom stereocenters. The van der Waals surface area contributed by atoms with E-state index in [0.717, 1.165) is 65.9 Å². The maximum Gasteiger partial charge on any atom is 0.416 e. The van der Waals surface area contributed by atoms with Gasteiger partial charge in [0.1, 0.15) is 0 Å². The molecular formula is C22H19F3N4. The van der Waals surface area contributed by atoms with Crippen LogP contribution in [0.3, 0.4) is 0 Å². The molecule has 0 spiro atoms. The fourth-order valence-corrected chi connectivity index (χ4v) is 3.89. The van der Waals surface area contributed by atoms with E-state index in [1.807, 2.05) is 12.1 Å². The van der Waals surface area contributed by atoms with Crippen LogP contribution in [0.25, 0.3) is 33.2 Å². The lowest BCUT2D eigenvalue weighted by atomic mass is 10.1. The Morgan fingerprint density at radius 3 is 2.52 bits per heavy atom. The van der Waals surface area contributed by atoms with Crippen LogP contribution in [0.15, 0.2) is 54.6 Å². The quantitative estimate of drug-likeness (QED) is 0.511. The Morgan fingerprint density at radius 1 is 0.897 bits per heavy atom. The third-order valence-corrected chi connectivity index (χ3v) is 5.39. The number of halogens is 3. The molecule has 2 N–H and O–H groups in total. The number of aromatic amines is 1. The predicted molar refractivity (Wildman–Crippen MR) is 109 cm³/mol. The summed E-state index contributed by atoms with van der Waals surface area (Å²) in [6, 6.07) is 15.2. The number of fused-ring (bicyclic) bond motifs is 3. The zero-order valence-electron chi connectivity index (χ0n) is 15.6. The van der Waals surface area contributed by atoms with Crippen molar-refractivity contribution in [2.45, 2.75) is 6.18 Å². The van der Waals surface area contributed by atoms with E-state index in [-0.39, 0.29) is 0 Å². The standard InChI is InChI=1S/C22H19F3N4/c23-22(24,25)15-3-1-2-14(12-15)18-6-7-19-21(28-18)17-5-4-16(13-20(17)27-19)29-10-8-26-9-11-29/h1-7,12-13,26-27H,8-11H2. The molecule has 5 rings (SSSR count). The van der Waals surface area contributed by atoms with E-state index in [2.05, 4.69) is 32.3 Å². The topological polar surface area (TPSA) is 44.0 Å². The summed E-state index contributed by atoms with van der Waals surface area (Å²) < 4.78 is 39.2. The smallest absolute Gasteiger partial charge is 0.369 e. The lowest BCUT2D eigenvalue weighted by molar-refractivity contribution is -0.137. The van der Waals surface area contributed by atoms with Gasteiger partial charge in [0.15, 0.2) is 0 Å². The van der Waals surface area contributed by atoms with Gasteiger partial charge in [0, 0.05) is 42.8 Å². The largest absolute Gasteiger partial charge is 0.416 e. The molecule has 0 radical (unpaired) electrons. The molecule has 0 amide bonds. The van der Waals surface area contributed by atoms with Crippen molar-refractivity contribution in [3.05, 3.63) is 60.2 Å². The summed E-state index contributed by atoms with van der Waals surface area (Å²) in [7, 11) is 0. The van der Waals surface area contributed by atoms with Crippen LogP contribution >= 0.6 is 0 Å². The van der Waals surface area contributed by atoms with Crippen molar-refractivity contribution in [2.75, 3.05) is 31.1 Å². The number of alkyl halides is 3. The fourth-order valence-electron chi connectivity index (χ4n) is 3.89. The molecule has 3 heterocycles. The van der Waals surface area contributed by atoms with Gasteiger partial charge >= 0.3 is 6.18 Å². The average molecular weight is 396 g/mol. The van der Waals surface area contributed by atoms with Crippen molar-refractivity contribution in [2.24, 2.45) is 0 Å². The number of nitrogens with zero attached hydrogens (tertiary/aromatic N) is 2. The first-order valence-electron chi connectivity index (χ1n) is 9.55. The van der Waals surface area contributed by atoms with Crippen molar-refractivity contribution in [3.8, 4) is 11.3 Å². The SMILES string of the molecule is FC(F)(F)c1cccc(-c2ccc3[nH]c4cc(N5CCNCC5)ccc4c3n2)c1. The van der Waals surface area contributed by atoms with Crippen molar-refractivity contribution in [3.63, 3.8) is 0 Å². The zero-order valence-corrected chi connectivity index (χ0v) is 15.6. The van der Waals surface area contributed by atoms with Gasteiger partial charge in [-0.05, 0) is 42.5 Å². The van der Waals surface area contributed by atoms with Crippen LogP contribution in [0.2, 0.25) is 0 Å². The molecule has 148 valence electrons. The number of benzene rings is 2. The number of hydrogen-bond donors (Lipinski definition) is 2. The number of pyridine rings is 1. The van der Waals surface area contributed by atoms with Crippen LogP contribution in [-0.2, 0) is 6.18 Å². The van der Waals surface area contributed by atoms with Gasteiger partial charge in [-0.2, -0.15) is 13.2 Å². The molecule has 0 saturated carbocycles. The maximum atomic E-state index is 13.1. The molecule has 29 heavy (non-hydrogen) atoms. The molecule has 7 heteroatoms. The molecule has 2 aromatic carbocycles. The van der Waals surface area contributed by atoms with Crippen LogP contribution in [-0.4, -0.2) is 36.1 Å². The second-order valence-electron chi connectivity index (χ2n) is 7.26. The fraction of sp³-hybridized carbons (Fsp3) is 0.227. The Kier molecular flexibility index (Phi) is 4.20. The summed E-state index contributed by atoms with van der Waals surface area (Å²) in [5.41, 5.74) is 4.07. The van der Waals surface area contributed by atoms with E-state index in [4.69, 9.17) is 0 Å². The molecule has 1 fully saturated rings. The molecule has 4 aromatic rings. The summed E-state index contributed by atoms with van der Waals surface area (Å²) in [6.07, 6.45) is -4.37. The number of hydrogen-bond acceptors (Lipinski definition) is 3. The van der Waals surface area contributed by atoms with Gasteiger partial charge in [-0.1, -0.05) is 12.1 Å². The highest BCUT2D eigenvalue weighted by Crippen LogP contribution is 2.33. The minimum atomic E-state index is -4.37. The summed E-state index contributed by atoms with van der Waals surface area (Å²) in [6.45, 7) is 3.85. The highest BCUT2D eigenvalue weighted by atomic mass is 19.4. The minimum absolute atomic E-state index is 0.452. The van der Waals surface area contributed by atoms with E-state index >= 15 is 0 Å². The Labute approximate surface area is 165 Å². The third-order valence-electron chi connectivity index (χ3n) is 5.39. The Bertz CT molecular complexity index is 1190. The molecule has 0 aliphatic carbocycles. The van der Waals surface area contributed by atoms with E-state index < -0.39 is 11.7 Å². The Balaban J connectivity index is 1.57. The number of piperazine rings is 1. The Hall–Kier alpha value is -3.06. The second kappa shape index (κ2) is 6.77. The summed E-state index contributed by atoms with van der Waals surface area (Å²) in [5, 5.41) is 4.31. The van der Waals surface area contributed by atoms with Crippen LogP contribution in [0, 0.1) is 0 Å². The Morgan fingerprint density at radius 2 is 1.72 bits per heavy atom. The third kappa shape index (κ3) is 3.31. The minimum Gasteiger partial charge on any atom is -0.369 e. The van der Waals surface area contributed by atoms with Crippen molar-refractivity contribution in [1.82, 2.24) is 15.3 Å². The summed E-state index contributed by atoms with van der Waals surface area (Å²) >= 11 is 0. The molecule has 1 aliphatic rings. The predicted octanol–water partition coefficient (Wildman–Crippen LogP) is 4.81. The summed E-state index contributed by atoms with van der Waals surface area (Å²) in [4.78, 5) is 10.4. The normalized spacial score (nSPS) is 15.3. The van der Waals surface area contributed by atoms with E-state index in [0.29, 0.717) is 11.3 Å². The number of aromatic nitrogens is 2. The van der Waals surface area contributed by atoms with Gasteiger partial charge in [-0.15, -0.1) is 0 Å². The van der Waals surface area contributed by atoms with Crippen LogP contribution < -0.4 is 10.2 Å². The van der Waals surface area contributed by atoms with Gasteiger partial charge in [0.2, 0.25) is 0 Å². The molecule has 0 unspecified atom stereocenters. The van der Waals surface area contributed by atoms with E-state index in [9.17, 15) is 13.2 Å². The molecule has 4 nitrogen and oxygen atoms in total. The molecule has 1 saturated heterocycles. The van der Waals surface area contributed by atoms with Gasteiger partial charge in [-0.3, -0.25) is 0 Å². The first kappa shape index (κ1) is 18.0. The van der Waals surface area contributed by atoms with Crippen LogP contribution in [0.4, 0.5) is 18.9 Å². The van der Waals surface area contributed by atoms with Gasteiger partial charge in [-0.25, -0.2) is 4.98 Å². The average Bonchev–Trinajstić information content (AvgIpc) is 3.11. The van der Waals surface area contributed by atoms with Gasteiger partial charge < -0.3 is 15.2 Å². The first-order valence-corrected chi connectivity index (χ1v) is 9.55. The number of H-pyrrole nitrogens is 1. The molecule has 2 aromatic heterocycles. The summed E-state index contributed by atoms with van der Waals surface area (Å²) in [5.74, 6) is 0. The monoisotopic (exact) mass is 396 g/mol. The molecule has 0 bridgehead atoms. The van der Waals surface area contributed by atoms with Crippen molar-refractivity contribution >= 4 is 27.6 Å². The van der Waals surface area contributed by atoms with Crippen LogP contribution in [0.5, 0.6) is 0 Å². The van der Waals surface area contributed by atoms with Gasteiger partial charge in [0.25, 0.3) is 0 Å². The highest BCUT2D eigenvalue weighted by Gasteiger charge is 2.30. The first-order chi connectivity index (χ1) is 14.0. The molecule has 1 aliphatic heterocycles.